The Kier molecular flexibility index (Phi) is 5.34. The van der Waals surface area contributed by atoms with E-state index in [-0.39, 0.29) is 18.0 Å². The van der Waals surface area contributed by atoms with Gasteiger partial charge in [-0.15, -0.1) is 0 Å². The second-order valence-electron chi connectivity index (χ2n) is 8.47. The lowest BCUT2D eigenvalue weighted by Crippen LogP contribution is -2.51. The van der Waals surface area contributed by atoms with Gasteiger partial charge in [-0.25, -0.2) is 0 Å². The lowest BCUT2D eigenvalue weighted by atomic mass is 9.82. The largest absolute Gasteiger partial charge is 0.381 e. The molecule has 3 aliphatic rings. The zero-order valence-electron chi connectivity index (χ0n) is 16.3. The lowest BCUT2D eigenvalue weighted by molar-refractivity contribution is -0.116. The molecule has 0 saturated carbocycles. The van der Waals surface area contributed by atoms with Crippen LogP contribution in [-0.2, 0) is 16.1 Å². The summed E-state index contributed by atoms with van der Waals surface area (Å²) in [5, 5.41) is 2.78. The number of ether oxygens (including phenoxy) is 1. The van der Waals surface area contributed by atoms with Crippen LogP contribution in [0.25, 0.3) is 0 Å². The molecule has 2 fully saturated rings. The summed E-state index contributed by atoms with van der Waals surface area (Å²) in [6, 6.07) is 4.45. The van der Waals surface area contributed by atoms with Crippen LogP contribution in [0.5, 0.6) is 0 Å². The predicted molar refractivity (Wildman–Crippen MR) is 104 cm³/mol. The number of likely N-dealkylation sites (tertiary alicyclic amines) is 1. The Labute approximate surface area is 160 Å². The number of piperidine rings is 1. The van der Waals surface area contributed by atoms with Crippen molar-refractivity contribution in [2.24, 2.45) is 5.92 Å². The van der Waals surface area contributed by atoms with Crippen LogP contribution in [0, 0.1) is 5.92 Å². The molecule has 0 aliphatic carbocycles. The molecule has 1 aromatic heterocycles. The van der Waals surface area contributed by atoms with Gasteiger partial charge in [-0.05, 0) is 51.4 Å². The summed E-state index contributed by atoms with van der Waals surface area (Å²) in [4.78, 5) is 29.4. The minimum Gasteiger partial charge on any atom is -0.381 e. The molecule has 2 bridgehead atoms. The molecule has 0 radical (unpaired) electrons. The second-order valence-corrected chi connectivity index (χ2v) is 8.47. The summed E-state index contributed by atoms with van der Waals surface area (Å²) < 4.78 is 7.42. The van der Waals surface area contributed by atoms with Crippen molar-refractivity contribution < 1.29 is 9.53 Å². The smallest absolute Gasteiger partial charge is 0.274 e. The average Bonchev–Trinajstić information content (AvgIpc) is 2.64. The first kappa shape index (κ1) is 18.7. The number of amides is 1. The molecule has 2 atom stereocenters. The summed E-state index contributed by atoms with van der Waals surface area (Å²) in [6.07, 6.45) is 3.39. The van der Waals surface area contributed by atoms with Crippen molar-refractivity contribution in [2.45, 2.75) is 37.8 Å². The number of hydrogen-bond acceptors (Lipinski definition) is 5. The van der Waals surface area contributed by atoms with Crippen LogP contribution >= 0.6 is 0 Å². The molecule has 7 heteroatoms. The molecule has 0 unspecified atom stereocenters. The fourth-order valence-corrected chi connectivity index (χ4v) is 4.90. The van der Waals surface area contributed by atoms with E-state index in [4.69, 9.17) is 4.74 Å². The predicted octanol–water partition coefficient (Wildman–Crippen LogP) is 0.947. The van der Waals surface area contributed by atoms with Gasteiger partial charge in [-0.1, -0.05) is 0 Å². The SMILES string of the molecule is CN(C)CC(=O)Nc1ccc2n(c1=O)C[C@@H]1C[C@@H]2CN(C2CCOCC2)C1. The fraction of sp³-hybridized carbons (Fsp3) is 0.700. The quantitative estimate of drug-likeness (QED) is 0.850. The topological polar surface area (TPSA) is 66.8 Å². The molecule has 148 valence electrons. The Morgan fingerprint density at radius 2 is 2.00 bits per heavy atom. The van der Waals surface area contributed by atoms with Crippen molar-refractivity contribution in [1.29, 1.82) is 0 Å². The number of fused-ring (bicyclic) bond motifs is 4. The number of nitrogens with zero attached hydrogens (tertiary/aromatic N) is 3. The van der Waals surface area contributed by atoms with E-state index in [1.165, 1.54) is 0 Å². The fourth-order valence-electron chi connectivity index (χ4n) is 4.90. The zero-order valence-corrected chi connectivity index (χ0v) is 16.3. The van der Waals surface area contributed by atoms with Gasteiger partial charge in [-0.2, -0.15) is 0 Å². The van der Waals surface area contributed by atoms with Crippen LogP contribution < -0.4 is 10.9 Å². The van der Waals surface area contributed by atoms with Crippen molar-refractivity contribution in [1.82, 2.24) is 14.4 Å². The van der Waals surface area contributed by atoms with Crippen LogP contribution in [0.3, 0.4) is 0 Å². The molecular weight excluding hydrogens is 344 g/mol. The Balaban J connectivity index is 1.52. The van der Waals surface area contributed by atoms with Gasteiger partial charge >= 0.3 is 0 Å². The molecule has 0 spiro atoms. The minimum atomic E-state index is -0.153. The highest BCUT2D eigenvalue weighted by Gasteiger charge is 2.37. The van der Waals surface area contributed by atoms with Crippen molar-refractivity contribution in [2.75, 3.05) is 52.3 Å². The van der Waals surface area contributed by atoms with Gasteiger partial charge in [0.15, 0.2) is 0 Å². The number of aromatic nitrogens is 1. The third-order valence-corrected chi connectivity index (χ3v) is 6.07. The minimum absolute atomic E-state index is 0.0613. The van der Waals surface area contributed by atoms with Crippen molar-refractivity contribution >= 4 is 11.6 Å². The standard InChI is InChI=1S/C20H30N4O3/c1-22(2)13-19(25)21-17-3-4-18-15-9-14(11-24(18)20(17)26)10-23(12-15)16-5-7-27-8-6-16/h3-4,14-16H,5-13H2,1-2H3,(H,21,25)/t14-,15-/m1/s1. The van der Waals surface area contributed by atoms with Crippen LogP contribution in [0.4, 0.5) is 5.69 Å². The molecule has 3 aliphatic heterocycles. The molecule has 4 rings (SSSR count). The van der Waals surface area contributed by atoms with Crippen LogP contribution in [-0.4, -0.2) is 73.3 Å². The number of pyridine rings is 1. The first-order chi connectivity index (χ1) is 13.0. The van der Waals surface area contributed by atoms with Crippen LogP contribution in [0.15, 0.2) is 16.9 Å². The Morgan fingerprint density at radius 1 is 1.22 bits per heavy atom. The van der Waals surface area contributed by atoms with E-state index in [1.54, 1.807) is 11.0 Å². The van der Waals surface area contributed by atoms with E-state index in [0.717, 1.165) is 57.8 Å². The van der Waals surface area contributed by atoms with Gasteiger partial charge in [0.25, 0.3) is 5.56 Å². The molecular formula is C20H30N4O3. The Bertz CT molecular complexity index is 754. The lowest BCUT2D eigenvalue weighted by Gasteiger charge is -2.46. The summed E-state index contributed by atoms with van der Waals surface area (Å²) in [5.41, 5.74) is 1.46. The normalized spacial score (nSPS) is 26.0. The molecule has 27 heavy (non-hydrogen) atoms. The number of hydrogen-bond donors (Lipinski definition) is 1. The second kappa shape index (κ2) is 7.73. The van der Waals surface area contributed by atoms with Crippen LogP contribution in [0.1, 0.15) is 30.9 Å². The van der Waals surface area contributed by atoms with Gasteiger partial charge in [0.2, 0.25) is 5.91 Å². The highest BCUT2D eigenvalue weighted by molar-refractivity contribution is 5.92. The molecule has 7 nitrogen and oxygen atoms in total. The highest BCUT2D eigenvalue weighted by atomic mass is 16.5. The number of rotatable bonds is 4. The number of likely N-dealkylation sites (N-methyl/N-ethyl adjacent to an activating group) is 1. The molecule has 0 aromatic carbocycles. The third kappa shape index (κ3) is 3.95. The molecule has 1 amide bonds. The highest BCUT2D eigenvalue weighted by Crippen LogP contribution is 2.37. The van der Waals surface area contributed by atoms with E-state index in [2.05, 4.69) is 10.2 Å². The monoisotopic (exact) mass is 374 g/mol. The maximum Gasteiger partial charge on any atom is 0.274 e. The molecule has 1 aromatic rings. The number of nitrogens with one attached hydrogen (secondary N) is 1. The van der Waals surface area contributed by atoms with Gasteiger partial charge in [0, 0.05) is 50.5 Å². The van der Waals surface area contributed by atoms with Gasteiger partial charge in [0.05, 0.1) is 6.54 Å². The summed E-state index contributed by atoms with van der Waals surface area (Å²) in [6.45, 7) is 4.83. The van der Waals surface area contributed by atoms with Crippen LogP contribution in [0.2, 0.25) is 0 Å². The third-order valence-electron chi connectivity index (χ3n) is 6.07. The van der Waals surface area contributed by atoms with E-state index < -0.39 is 0 Å². The average molecular weight is 374 g/mol. The summed E-state index contributed by atoms with van der Waals surface area (Å²) >= 11 is 0. The van der Waals surface area contributed by atoms with Crippen molar-refractivity contribution in [3.8, 4) is 0 Å². The molecule has 1 N–H and O–H groups in total. The number of carbonyl (C=O) groups is 1. The van der Waals surface area contributed by atoms with Crippen molar-refractivity contribution in [3.05, 3.63) is 28.2 Å². The van der Waals surface area contributed by atoms with Gasteiger partial charge in [0.1, 0.15) is 5.69 Å². The maximum atomic E-state index is 13.0. The first-order valence-corrected chi connectivity index (χ1v) is 10.0. The summed E-state index contributed by atoms with van der Waals surface area (Å²) in [7, 11) is 3.68. The van der Waals surface area contributed by atoms with Crippen molar-refractivity contribution in [3.63, 3.8) is 0 Å². The Morgan fingerprint density at radius 3 is 2.74 bits per heavy atom. The van der Waals surface area contributed by atoms with E-state index in [9.17, 15) is 9.59 Å². The maximum absolute atomic E-state index is 13.0. The molecule has 2 saturated heterocycles. The Hall–Kier alpha value is -1.70. The first-order valence-electron chi connectivity index (χ1n) is 10.0. The zero-order chi connectivity index (χ0) is 19.0. The van der Waals surface area contributed by atoms with E-state index in [0.29, 0.717) is 23.6 Å². The van der Waals surface area contributed by atoms with E-state index >= 15 is 0 Å². The number of anilines is 1. The van der Waals surface area contributed by atoms with Gasteiger partial charge < -0.3 is 19.5 Å². The summed E-state index contributed by atoms with van der Waals surface area (Å²) in [5.74, 6) is 0.753. The van der Waals surface area contributed by atoms with E-state index in [1.807, 2.05) is 24.7 Å². The number of carbonyl (C=O) groups excluding carboxylic acids is 1. The van der Waals surface area contributed by atoms with Gasteiger partial charge in [-0.3, -0.25) is 14.5 Å². The molecule has 4 heterocycles.